The van der Waals surface area contributed by atoms with Gasteiger partial charge in [-0.05, 0) is 67.3 Å². The summed E-state index contributed by atoms with van der Waals surface area (Å²) in [4.78, 5) is 11.2. The summed E-state index contributed by atoms with van der Waals surface area (Å²) in [5, 5.41) is -0.472. The van der Waals surface area contributed by atoms with Crippen LogP contribution in [0.1, 0.15) is 36.0 Å². The number of methoxy groups -OCH3 is 1. The maximum atomic E-state index is 11.2. The van der Waals surface area contributed by atoms with Crippen LogP contribution in [0.4, 0.5) is 0 Å². The molecule has 0 spiro atoms. The molecule has 1 aromatic rings. The van der Waals surface area contributed by atoms with Gasteiger partial charge in [-0.3, -0.25) is 4.79 Å². The number of hydrogen-bond acceptors (Lipinski definition) is 3. The predicted octanol–water partition coefficient (Wildman–Crippen LogP) is 3.64. The van der Waals surface area contributed by atoms with E-state index in [-0.39, 0.29) is 6.10 Å². The van der Waals surface area contributed by atoms with Gasteiger partial charge in [0.25, 0.3) is 5.24 Å². The van der Waals surface area contributed by atoms with Gasteiger partial charge in [-0.15, -0.1) is 0 Å². The van der Waals surface area contributed by atoms with Crippen molar-refractivity contribution in [2.24, 2.45) is 11.8 Å². The van der Waals surface area contributed by atoms with Gasteiger partial charge in [0.15, 0.2) is 11.5 Å². The van der Waals surface area contributed by atoms with Crippen LogP contribution in [0.5, 0.6) is 11.5 Å². The van der Waals surface area contributed by atoms with E-state index < -0.39 is 5.24 Å². The maximum Gasteiger partial charge on any atom is 0.252 e. The lowest BCUT2D eigenvalue weighted by Crippen LogP contribution is -2.23. The molecular weight excluding hydrogens is 264 g/mol. The zero-order valence-electron chi connectivity index (χ0n) is 10.9. The van der Waals surface area contributed by atoms with E-state index in [9.17, 15) is 4.79 Å². The Morgan fingerprint density at radius 3 is 2.68 bits per heavy atom. The van der Waals surface area contributed by atoms with Crippen LogP contribution in [-0.2, 0) is 0 Å². The third-order valence-electron chi connectivity index (χ3n) is 4.34. The molecule has 0 radical (unpaired) electrons. The summed E-state index contributed by atoms with van der Waals surface area (Å²) in [6.45, 7) is 0. The molecule has 2 fully saturated rings. The summed E-state index contributed by atoms with van der Waals surface area (Å²) in [5.41, 5.74) is 0.445. The minimum Gasteiger partial charge on any atom is -0.493 e. The first kappa shape index (κ1) is 12.8. The Labute approximate surface area is 117 Å². The highest BCUT2D eigenvalue weighted by atomic mass is 35.5. The van der Waals surface area contributed by atoms with Crippen molar-refractivity contribution in [1.82, 2.24) is 0 Å². The Hall–Kier alpha value is -1.22. The molecule has 3 rings (SSSR count). The molecule has 3 nitrogen and oxygen atoms in total. The minimum absolute atomic E-state index is 0.258. The topological polar surface area (TPSA) is 35.5 Å². The van der Waals surface area contributed by atoms with Crippen LogP contribution < -0.4 is 9.47 Å². The molecule has 0 saturated heterocycles. The lowest BCUT2D eigenvalue weighted by molar-refractivity contribution is 0.107. The molecule has 0 aromatic heterocycles. The third-order valence-corrected chi connectivity index (χ3v) is 4.56. The third kappa shape index (κ3) is 2.44. The van der Waals surface area contributed by atoms with Crippen molar-refractivity contribution in [3.63, 3.8) is 0 Å². The molecule has 0 amide bonds. The lowest BCUT2D eigenvalue weighted by atomic mass is 9.97. The van der Waals surface area contributed by atoms with Crippen molar-refractivity contribution in [1.29, 1.82) is 0 Å². The fourth-order valence-electron chi connectivity index (χ4n) is 3.38. The average molecular weight is 281 g/mol. The second kappa shape index (κ2) is 5.04. The van der Waals surface area contributed by atoms with Gasteiger partial charge in [0.2, 0.25) is 0 Å². The molecule has 102 valence electrons. The van der Waals surface area contributed by atoms with Crippen LogP contribution in [0.2, 0.25) is 0 Å². The second-order valence-corrected chi connectivity index (χ2v) is 5.81. The van der Waals surface area contributed by atoms with E-state index in [1.54, 1.807) is 25.3 Å². The summed E-state index contributed by atoms with van der Waals surface area (Å²) >= 11 is 5.52. The van der Waals surface area contributed by atoms with Gasteiger partial charge in [0.1, 0.15) is 6.10 Å². The molecule has 2 saturated carbocycles. The predicted molar refractivity (Wildman–Crippen MR) is 73.0 cm³/mol. The van der Waals surface area contributed by atoms with Gasteiger partial charge < -0.3 is 9.47 Å². The lowest BCUT2D eigenvalue weighted by Gasteiger charge is -2.24. The van der Waals surface area contributed by atoms with Gasteiger partial charge in [0, 0.05) is 5.56 Å². The van der Waals surface area contributed by atoms with Gasteiger partial charge >= 0.3 is 0 Å². The van der Waals surface area contributed by atoms with Crippen molar-refractivity contribution in [2.45, 2.75) is 31.8 Å². The van der Waals surface area contributed by atoms with E-state index >= 15 is 0 Å². The van der Waals surface area contributed by atoms with E-state index in [0.717, 1.165) is 12.3 Å². The Balaban J connectivity index is 1.82. The van der Waals surface area contributed by atoms with Gasteiger partial charge in [-0.2, -0.15) is 0 Å². The molecule has 19 heavy (non-hydrogen) atoms. The van der Waals surface area contributed by atoms with E-state index in [0.29, 0.717) is 23.0 Å². The number of ether oxygens (including phenoxy) is 2. The van der Waals surface area contributed by atoms with Crippen molar-refractivity contribution < 1.29 is 14.3 Å². The quantitative estimate of drug-likeness (QED) is 0.790. The zero-order valence-corrected chi connectivity index (χ0v) is 11.7. The van der Waals surface area contributed by atoms with Crippen molar-refractivity contribution in [3.8, 4) is 11.5 Å². The number of fused-ring (bicyclic) bond motifs is 2. The number of benzene rings is 1. The van der Waals surface area contributed by atoms with Crippen LogP contribution in [0.3, 0.4) is 0 Å². The zero-order chi connectivity index (χ0) is 13.4. The minimum atomic E-state index is -0.472. The van der Waals surface area contributed by atoms with E-state index in [1.807, 2.05) is 0 Å². The fourth-order valence-corrected chi connectivity index (χ4v) is 3.50. The number of hydrogen-bond donors (Lipinski definition) is 0. The monoisotopic (exact) mass is 280 g/mol. The fraction of sp³-hybridized carbons (Fsp3) is 0.533. The Morgan fingerprint density at radius 1 is 1.26 bits per heavy atom. The second-order valence-electron chi connectivity index (χ2n) is 5.47. The standard InChI is InChI=1S/C15H17ClO3/c1-18-12-5-4-11(15(16)17)8-14(12)19-13-7-9-2-3-10(13)6-9/h4-5,8-10,13H,2-3,6-7H2,1H3/t9-,10+,13+/m1/s1. The van der Waals surface area contributed by atoms with E-state index in [4.69, 9.17) is 21.1 Å². The molecule has 3 atom stereocenters. The van der Waals surface area contributed by atoms with E-state index in [2.05, 4.69) is 0 Å². The number of carbonyl (C=O) groups excluding carboxylic acids is 1. The van der Waals surface area contributed by atoms with Crippen LogP contribution in [0.15, 0.2) is 18.2 Å². The maximum absolute atomic E-state index is 11.2. The highest BCUT2D eigenvalue weighted by molar-refractivity contribution is 6.67. The SMILES string of the molecule is COc1ccc(C(=O)Cl)cc1O[C@H]1C[C@@H]2CC[C@H]1C2. The van der Waals surface area contributed by atoms with Crippen LogP contribution in [0.25, 0.3) is 0 Å². The Kier molecular flexibility index (Phi) is 3.40. The highest BCUT2D eigenvalue weighted by Gasteiger charge is 2.41. The summed E-state index contributed by atoms with van der Waals surface area (Å²) in [6.07, 6.45) is 5.25. The first-order valence-corrected chi connectivity index (χ1v) is 7.09. The van der Waals surface area contributed by atoms with Crippen LogP contribution >= 0.6 is 11.6 Å². The average Bonchev–Trinajstić information content (AvgIpc) is 3.01. The molecule has 0 aliphatic heterocycles. The summed E-state index contributed by atoms with van der Waals surface area (Å²) in [5.74, 6) is 2.76. The van der Waals surface area contributed by atoms with Crippen molar-refractivity contribution >= 4 is 16.8 Å². The normalized spacial score (nSPS) is 28.4. The largest absolute Gasteiger partial charge is 0.493 e. The smallest absolute Gasteiger partial charge is 0.252 e. The Bertz CT molecular complexity index is 500. The molecular formula is C15H17ClO3. The molecule has 0 heterocycles. The van der Waals surface area contributed by atoms with Gasteiger partial charge in [0.05, 0.1) is 7.11 Å². The number of rotatable bonds is 4. The molecule has 0 unspecified atom stereocenters. The van der Waals surface area contributed by atoms with Gasteiger partial charge in [-0.1, -0.05) is 0 Å². The van der Waals surface area contributed by atoms with Crippen molar-refractivity contribution in [2.75, 3.05) is 7.11 Å². The summed E-state index contributed by atoms with van der Waals surface area (Å²) in [6, 6.07) is 5.07. The van der Waals surface area contributed by atoms with Gasteiger partial charge in [-0.25, -0.2) is 0 Å². The number of carbonyl (C=O) groups is 1. The molecule has 2 aliphatic rings. The molecule has 1 aromatic carbocycles. The molecule has 2 bridgehead atoms. The van der Waals surface area contributed by atoms with Crippen LogP contribution in [-0.4, -0.2) is 18.5 Å². The van der Waals surface area contributed by atoms with E-state index in [1.165, 1.54) is 19.3 Å². The molecule has 2 aliphatic carbocycles. The summed E-state index contributed by atoms with van der Waals surface area (Å²) < 4.78 is 11.4. The first-order valence-electron chi connectivity index (χ1n) is 6.72. The van der Waals surface area contributed by atoms with Crippen molar-refractivity contribution in [3.05, 3.63) is 23.8 Å². The Morgan fingerprint density at radius 2 is 2.11 bits per heavy atom. The first-order chi connectivity index (χ1) is 9.17. The van der Waals surface area contributed by atoms with Crippen LogP contribution in [0, 0.1) is 11.8 Å². The summed E-state index contributed by atoms with van der Waals surface area (Å²) in [7, 11) is 1.60. The molecule has 0 N–H and O–H groups in total. The highest BCUT2D eigenvalue weighted by Crippen LogP contribution is 2.46. The molecule has 4 heteroatoms. The number of halogens is 1.